The third-order valence-corrected chi connectivity index (χ3v) is 2.23. The summed E-state index contributed by atoms with van der Waals surface area (Å²) in [4.78, 5) is 0. The lowest BCUT2D eigenvalue weighted by Crippen LogP contribution is -2.27. The lowest BCUT2D eigenvalue weighted by atomic mass is 10.1. The van der Waals surface area contributed by atoms with E-state index in [-0.39, 0.29) is 12.7 Å². The minimum Gasteiger partial charge on any atom is -0.394 e. The van der Waals surface area contributed by atoms with E-state index in [9.17, 15) is 0 Å². The molecule has 0 aromatic heterocycles. The minimum atomic E-state index is -0.490. The largest absolute Gasteiger partial charge is 0.394 e. The highest BCUT2D eigenvalue weighted by molar-refractivity contribution is 4.76. The fraction of sp³-hybridized carbons (Fsp3) is 0.800. The predicted octanol–water partition coefficient (Wildman–Crippen LogP) is 1.47. The zero-order valence-electron chi connectivity index (χ0n) is 8.16. The Morgan fingerprint density at radius 2 is 2.46 bits per heavy atom. The standard InChI is InChI=1S/C10H18O3/c1-3-4-5-6-10(2)12-8-9(7-11)13-10/h3,9,11H,1,4-8H2,2H3. The van der Waals surface area contributed by atoms with Crippen molar-refractivity contribution in [3.05, 3.63) is 12.7 Å². The molecule has 0 aromatic carbocycles. The maximum Gasteiger partial charge on any atom is 0.166 e. The normalized spacial score (nSPS) is 33.5. The summed E-state index contributed by atoms with van der Waals surface area (Å²) in [5, 5.41) is 8.85. The number of unbranched alkanes of at least 4 members (excludes halogenated alkanes) is 1. The molecule has 0 saturated carbocycles. The van der Waals surface area contributed by atoms with E-state index in [4.69, 9.17) is 14.6 Å². The molecule has 2 atom stereocenters. The molecule has 0 bridgehead atoms. The summed E-state index contributed by atoms with van der Waals surface area (Å²) in [6.07, 6.45) is 4.59. The van der Waals surface area contributed by atoms with Crippen molar-refractivity contribution in [3.8, 4) is 0 Å². The quantitative estimate of drug-likeness (QED) is 0.522. The van der Waals surface area contributed by atoms with Crippen LogP contribution in [0.4, 0.5) is 0 Å². The van der Waals surface area contributed by atoms with Gasteiger partial charge in [0.2, 0.25) is 0 Å². The number of hydrogen-bond donors (Lipinski definition) is 1. The molecule has 1 rings (SSSR count). The molecule has 1 N–H and O–H groups in total. The van der Waals surface area contributed by atoms with Gasteiger partial charge in [0.05, 0.1) is 13.2 Å². The van der Waals surface area contributed by atoms with Crippen LogP contribution >= 0.6 is 0 Å². The molecule has 2 unspecified atom stereocenters. The smallest absolute Gasteiger partial charge is 0.166 e. The van der Waals surface area contributed by atoms with Crippen LogP contribution in [-0.4, -0.2) is 30.2 Å². The Morgan fingerprint density at radius 3 is 3.00 bits per heavy atom. The second-order valence-electron chi connectivity index (χ2n) is 3.55. The van der Waals surface area contributed by atoms with Crippen LogP contribution in [-0.2, 0) is 9.47 Å². The lowest BCUT2D eigenvalue weighted by Gasteiger charge is -2.22. The van der Waals surface area contributed by atoms with Gasteiger partial charge in [-0.05, 0) is 19.8 Å². The number of ether oxygens (including phenoxy) is 2. The highest BCUT2D eigenvalue weighted by atomic mass is 16.7. The molecule has 13 heavy (non-hydrogen) atoms. The van der Waals surface area contributed by atoms with Crippen LogP contribution in [0.2, 0.25) is 0 Å². The van der Waals surface area contributed by atoms with Crippen LogP contribution in [0.15, 0.2) is 12.7 Å². The first-order valence-electron chi connectivity index (χ1n) is 4.74. The van der Waals surface area contributed by atoms with Crippen molar-refractivity contribution in [3.63, 3.8) is 0 Å². The molecule has 3 heteroatoms. The van der Waals surface area contributed by atoms with Crippen molar-refractivity contribution >= 4 is 0 Å². The third-order valence-electron chi connectivity index (χ3n) is 2.23. The van der Waals surface area contributed by atoms with Crippen molar-refractivity contribution in [1.82, 2.24) is 0 Å². The Morgan fingerprint density at radius 1 is 1.69 bits per heavy atom. The average molecular weight is 186 g/mol. The van der Waals surface area contributed by atoms with Crippen molar-refractivity contribution < 1.29 is 14.6 Å². The van der Waals surface area contributed by atoms with Gasteiger partial charge >= 0.3 is 0 Å². The van der Waals surface area contributed by atoms with Gasteiger partial charge in [-0.15, -0.1) is 6.58 Å². The van der Waals surface area contributed by atoms with Crippen molar-refractivity contribution in [1.29, 1.82) is 0 Å². The third kappa shape index (κ3) is 3.10. The van der Waals surface area contributed by atoms with E-state index in [2.05, 4.69) is 6.58 Å². The van der Waals surface area contributed by atoms with Crippen LogP contribution < -0.4 is 0 Å². The summed E-state index contributed by atoms with van der Waals surface area (Å²) >= 11 is 0. The van der Waals surface area contributed by atoms with Gasteiger partial charge in [0.1, 0.15) is 6.10 Å². The molecular formula is C10H18O3. The molecule has 1 heterocycles. The summed E-state index contributed by atoms with van der Waals surface area (Å²) < 4.78 is 11.0. The molecule has 1 fully saturated rings. The number of rotatable bonds is 5. The molecule has 3 nitrogen and oxygen atoms in total. The van der Waals surface area contributed by atoms with Crippen LogP contribution in [0.25, 0.3) is 0 Å². The van der Waals surface area contributed by atoms with E-state index in [0.717, 1.165) is 19.3 Å². The van der Waals surface area contributed by atoms with E-state index < -0.39 is 5.79 Å². The summed E-state index contributed by atoms with van der Waals surface area (Å²) in [6, 6.07) is 0. The number of hydrogen-bond acceptors (Lipinski definition) is 3. The Kier molecular flexibility index (Phi) is 3.90. The zero-order chi connectivity index (χ0) is 9.73. The molecule has 1 saturated heterocycles. The van der Waals surface area contributed by atoms with Crippen molar-refractivity contribution in [2.24, 2.45) is 0 Å². The maximum atomic E-state index is 8.85. The Balaban J connectivity index is 2.27. The SMILES string of the molecule is C=CCCCC1(C)OCC(CO)O1. The monoisotopic (exact) mass is 186 g/mol. The lowest BCUT2D eigenvalue weighted by molar-refractivity contribution is -0.162. The van der Waals surface area contributed by atoms with E-state index >= 15 is 0 Å². The van der Waals surface area contributed by atoms with Gasteiger partial charge in [-0.25, -0.2) is 0 Å². The molecule has 1 aliphatic heterocycles. The van der Waals surface area contributed by atoms with E-state index in [1.54, 1.807) is 0 Å². The fourth-order valence-electron chi connectivity index (χ4n) is 1.48. The summed E-state index contributed by atoms with van der Waals surface area (Å²) in [5.74, 6) is -0.490. The molecule has 76 valence electrons. The zero-order valence-corrected chi connectivity index (χ0v) is 8.16. The van der Waals surface area contributed by atoms with E-state index in [1.807, 2.05) is 13.0 Å². The number of aliphatic hydroxyl groups excluding tert-OH is 1. The van der Waals surface area contributed by atoms with Gasteiger partial charge in [-0.2, -0.15) is 0 Å². The van der Waals surface area contributed by atoms with Gasteiger partial charge in [0.15, 0.2) is 5.79 Å². The highest BCUT2D eigenvalue weighted by Crippen LogP contribution is 2.28. The van der Waals surface area contributed by atoms with Crippen molar-refractivity contribution in [2.45, 2.75) is 38.1 Å². The first kappa shape index (κ1) is 10.7. The number of aliphatic hydroxyl groups is 1. The Bertz CT molecular complexity index is 170. The summed E-state index contributed by atoms with van der Waals surface area (Å²) in [7, 11) is 0. The van der Waals surface area contributed by atoms with Gasteiger partial charge in [-0.1, -0.05) is 6.08 Å². The van der Waals surface area contributed by atoms with Gasteiger partial charge in [-0.3, -0.25) is 0 Å². The maximum absolute atomic E-state index is 8.85. The molecule has 1 aliphatic rings. The topological polar surface area (TPSA) is 38.7 Å². The van der Waals surface area contributed by atoms with Crippen LogP contribution in [0, 0.1) is 0 Å². The van der Waals surface area contributed by atoms with Gasteiger partial charge in [0, 0.05) is 6.42 Å². The predicted molar refractivity (Wildman–Crippen MR) is 50.4 cm³/mol. The first-order valence-corrected chi connectivity index (χ1v) is 4.74. The first-order chi connectivity index (χ1) is 6.20. The molecule has 0 radical (unpaired) electrons. The summed E-state index contributed by atoms with van der Waals surface area (Å²) in [5.41, 5.74) is 0. The molecule has 0 amide bonds. The van der Waals surface area contributed by atoms with Crippen molar-refractivity contribution in [2.75, 3.05) is 13.2 Å². The number of allylic oxidation sites excluding steroid dienone is 1. The molecule has 0 aliphatic carbocycles. The Labute approximate surface area is 79.3 Å². The fourth-order valence-corrected chi connectivity index (χ4v) is 1.48. The highest BCUT2D eigenvalue weighted by Gasteiger charge is 2.35. The summed E-state index contributed by atoms with van der Waals surface area (Å²) in [6.45, 7) is 6.12. The average Bonchev–Trinajstić information content (AvgIpc) is 2.49. The second kappa shape index (κ2) is 4.74. The van der Waals surface area contributed by atoms with Gasteiger partial charge < -0.3 is 14.6 Å². The van der Waals surface area contributed by atoms with Gasteiger partial charge in [0.25, 0.3) is 0 Å². The molecule has 0 spiro atoms. The van der Waals surface area contributed by atoms with Crippen LogP contribution in [0.3, 0.4) is 0 Å². The molecule has 0 aromatic rings. The van der Waals surface area contributed by atoms with Crippen LogP contribution in [0.1, 0.15) is 26.2 Å². The van der Waals surface area contributed by atoms with E-state index in [0.29, 0.717) is 6.61 Å². The Hall–Kier alpha value is -0.380. The molecular weight excluding hydrogens is 168 g/mol. The van der Waals surface area contributed by atoms with E-state index in [1.165, 1.54) is 0 Å². The van der Waals surface area contributed by atoms with Crippen LogP contribution in [0.5, 0.6) is 0 Å². The second-order valence-corrected chi connectivity index (χ2v) is 3.55. The minimum absolute atomic E-state index is 0.0387.